The molecule has 0 bridgehead atoms. The number of aliphatic hydroxyl groups is 1. The zero-order valence-corrected chi connectivity index (χ0v) is 10.7. The molecule has 2 N–H and O–H groups in total. The first-order valence-corrected chi connectivity index (χ1v) is 6.92. The molecule has 0 aromatic rings. The Balaban J connectivity index is 1.84. The second kappa shape index (κ2) is 5.71. The Kier molecular flexibility index (Phi) is 4.26. The molecule has 2 aliphatic rings. The number of aliphatic hydroxyl groups excluding tert-OH is 1. The fourth-order valence-corrected chi connectivity index (χ4v) is 3.07. The standard InChI is InChI=1S/C13H24N2O2/c1-10(16)9-12-7-4-8-15(12)13(17)14-11-5-2-3-6-11/h10-12,16H,2-9H2,1H3,(H,14,17). The van der Waals surface area contributed by atoms with Crippen molar-refractivity contribution >= 4 is 6.03 Å². The number of rotatable bonds is 3. The van der Waals surface area contributed by atoms with Gasteiger partial charge in [0, 0.05) is 18.6 Å². The van der Waals surface area contributed by atoms with Crippen LogP contribution < -0.4 is 5.32 Å². The van der Waals surface area contributed by atoms with Gasteiger partial charge in [0.15, 0.2) is 0 Å². The van der Waals surface area contributed by atoms with Crippen molar-refractivity contribution in [1.82, 2.24) is 10.2 Å². The third kappa shape index (κ3) is 3.35. The summed E-state index contributed by atoms with van der Waals surface area (Å²) < 4.78 is 0. The lowest BCUT2D eigenvalue weighted by Crippen LogP contribution is -2.46. The van der Waals surface area contributed by atoms with Crippen LogP contribution in [0.3, 0.4) is 0 Å². The number of nitrogens with zero attached hydrogens (tertiary/aromatic N) is 1. The van der Waals surface area contributed by atoms with E-state index in [1.165, 1.54) is 12.8 Å². The van der Waals surface area contributed by atoms with Crippen LogP contribution in [0.25, 0.3) is 0 Å². The van der Waals surface area contributed by atoms with Gasteiger partial charge in [-0.05, 0) is 39.0 Å². The van der Waals surface area contributed by atoms with Crippen LogP contribution in [0.1, 0.15) is 51.9 Å². The average molecular weight is 240 g/mol. The summed E-state index contributed by atoms with van der Waals surface area (Å²) in [5, 5.41) is 12.6. The summed E-state index contributed by atoms with van der Waals surface area (Å²) in [5.41, 5.74) is 0. The molecule has 0 aromatic heterocycles. The van der Waals surface area contributed by atoms with Crippen molar-refractivity contribution in [3.63, 3.8) is 0 Å². The summed E-state index contributed by atoms with van der Waals surface area (Å²) in [4.78, 5) is 14.0. The summed E-state index contributed by atoms with van der Waals surface area (Å²) in [5.74, 6) is 0. The Morgan fingerprint density at radius 2 is 2.06 bits per heavy atom. The van der Waals surface area contributed by atoms with Gasteiger partial charge in [0.1, 0.15) is 0 Å². The third-order valence-corrected chi connectivity index (χ3v) is 3.93. The SMILES string of the molecule is CC(O)CC1CCCN1C(=O)NC1CCCC1. The smallest absolute Gasteiger partial charge is 0.317 e. The lowest BCUT2D eigenvalue weighted by atomic mass is 10.1. The molecule has 1 aliphatic carbocycles. The monoisotopic (exact) mass is 240 g/mol. The van der Waals surface area contributed by atoms with Gasteiger partial charge >= 0.3 is 6.03 Å². The minimum Gasteiger partial charge on any atom is -0.393 e. The Labute approximate surface area is 103 Å². The molecule has 2 atom stereocenters. The summed E-state index contributed by atoms with van der Waals surface area (Å²) in [6.07, 6.45) is 7.21. The van der Waals surface area contributed by atoms with E-state index in [2.05, 4.69) is 5.32 Å². The second-order valence-electron chi connectivity index (χ2n) is 5.51. The molecule has 2 amide bonds. The zero-order chi connectivity index (χ0) is 12.3. The summed E-state index contributed by atoms with van der Waals surface area (Å²) in [7, 11) is 0. The van der Waals surface area contributed by atoms with E-state index in [1.807, 2.05) is 4.90 Å². The van der Waals surface area contributed by atoms with Crippen LogP contribution in [0.5, 0.6) is 0 Å². The van der Waals surface area contributed by atoms with E-state index in [9.17, 15) is 9.90 Å². The zero-order valence-electron chi connectivity index (χ0n) is 10.7. The van der Waals surface area contributed by atoms with Crippen molar-refractivity contribution in [3.8, 4) is 0 Å². The number of urea groups is 1. The quantitative estimate of drug-likeness (QED) is 0.791. The van der Waals surface area contributed by atoms with Gasteiger partial charge in [-0.25, -0.2) is 4.79 Å². The van der Waals surface area contributed by atoms with Crippen LogP contribution in [0.2, 0.25) is 0 Å². The van der Waals surface area contributed by atoms with Crippen molar-refractivity contribution in [2.45, 2.75) is 70.1 Å². The van der Waals surface area contributed by atoms with E-state index in [1.54, 1.807) is 6.92 Å². The minimum atomic E-state index is -0.320. The highest BCUT2D eigenvalue weighted by atomic mass is 16.3. The van der Waals surface area contributed by atoms with Crippen LogP contribution in [0.4, 0.5) is 4.79 Å². The maximum atomic E-state index is 12.1. The van der Waals surface area contributed by atoms with Crippen LogP contribution in [0, 0.1) is 0 Å². The highest BCUT2D eigenvalue weighted by Crippen LogP contribution is 2.23. The normalized spacial score (nSPS) is 27.4. The molecule has 1 aliphatic heterocycles. The van der Waals surface area contributed by atoms with Crippen LogP contribution in [0.15, 0.2) is 0 Å². The molecular formula is C13H24N2O2. The Bertz CT molecular complexity index is 262. The van der Waals surface area contributed by atoms with E-state index >= 15 is 0 Å². The first-order chi connectivity index (χ1) is 8.16. The van der Waals surface area contributed by atoms with Crippen LogP contribution in [-0.4, -0.2) is 40.8 Å². The maximum absolute atomic E-state index is 12.1. The lowest BCUT2D eigenvalue weighted by Gasteiger charge is -2.27. The highest BCUT2D eigenvalue weighted by molar-refractivity contribution is 5.75. The summed E-state index contributed by atoms with van der Waals surface area (Å²) >= 11 is 0. The van der Waals surface area contributed by atoms with E-state index in [4.69, 9.17) is 0 Å². The molecule has 0 aromatic carbocycles. The fourth-order valence-electron chi connectivity index (χ4n) is 3.07. The number of nitrogens with one attached hydrogen (secondary N) is 1. The van der Waals surface area contributed by atoms with Gasteiger partial charge in [0.2, 0.25) is 0 Å². The van der Waals surface area contributed by atoms with Gasteiger partial charge < -0.3 is 15.3 Å². The molecule has 2 fully saturated rings. The minimum absolute atomic E-state index is 0.0834. The Hall–Kier alpha value is -0.770. The van der Waals surface area contributed by atoms with Gasteiger partial charge in [0.05, 0.1) is 6.10 Å². The molecule has 2 rings (SSSR count). The van der Waals surface area contributed by atoms with Crippen molar-refractivity contribution in [2.75, 3.05) is 6.54 Å². The molecule has 0 spiro atoms. The molecule has 2 unspecified atom stereocenters. The van der Waals surface area contributed by atoms with E-state index in [0.29, 0.717) is 12.5 Å². The molecule has 0 radical (unpaired) electrons. The van der Waals surface area contributed by atoms with Crippen LogP contribution >= 0.6 is 0 Å². The third-order valence-electron chi connectivity index (χ3n) is 3.93. The van der Waals surface area contributed by atoms with Crippen LogP contribution in [-0.2, 0) is 0 Å². The van der Waals surface area contributed by atoms with E-state index in [-0.39, 0.29) is 18.2 Å². The molecule has 4 heteroatoms. The van der Waals surface area contributed by atoms with Gasteiger partial charge in [-0.2, -0.15) is 0 Å². The number of carbonyl (C=O) groups is 1. The maximum Gasteiger partial charge on any atom is 0.317 e. The second-order valence-corrected chi connectivity index (χ2v) is 5.51. The Morgan fingerprint density at radius 3 is 2.71 bits per heavy atom. The van der Waals surface area contributed by atoms with Gasteiger partial charge in [-0.1, -0.05) is 12.8 Å². The van der Waals surface area contributed by atoms with Crippen molar-refractivity contribution < 1.29 is 9.90 Å². The summed E-state index contributed by atoms with van der Waals surface area (Å²) in [6.45, 7) is 2.64. The van der Waals surface area contributed by atoms with Crippen molar-refractivity contribution in [1.29, 1.82) is 0 Å². The predicted octanol–water partition coefficient (Wildman–Crippen LogP) is 1.87. The van der Waals surface area contributed by atoms with E-state index in [0.717, 1.165) is 32.2 Å². The highest BCUT2D eigenvalue weighted by Gasteiger charge is 2.30. The van der Waals surface area contributed by atoms with Gasteiger partial charge in [0.25, 0.3) is 0 Å². The number of carbonyl (C=O) groups excluding carboxylic acids is 1. The number of amides is 2. The summed E-state index contributed by atoms with van der Waals surface area (Å²) in [6, 6.07) is 0.701. The van der Waals surface area contributed by atoms with Gasteiger partial charge in [-0.15, -0.1) is 0 Å². The first kappa shape index (κ1) is 12.7. The molecule has 1 saturated carbocycles. The fraction of sp³-hybridized carbons (Fsp3) is 0.923. The average Bonchev–Trinajstić information content (AvgIpc) is 2.87. The molecular weight excluding hydrogens is 216 g/mol. The largest absolute Gasteiger partial charge is 0.393 e. The Morgan fingerprint density at radius 1 is 1.35 bits per heavy atom. The molecule has 17 heavy (non-hydrogen) atoms. The lowest BCUT2D eigenvalue weighted by molar-refractivity contribution is 0.137. The first-order valence-electron chi connectivity index (χ1n) is 6.92. The molecule has 1 saturated heterocycles. The van der Waals surface area contributed by atoms with Crippen molar-refractivity contribution in [3.05, 3.63) is 0 Å². The number of likely N-dealkylation sites (tertiary alicyclic amines) is 1. The number of hydrogen-bond acceptors (Lipinski definition) is 2. The topological polar surface area (TPSA) is 52.6 Å². The number of hydrogen-bond donors (Lipinski definition) is 2. The van der Waals surface area contributed by atoms with Crippen molar-refractivity contribution in [2.24, 2.45) is 0 Å². The molecule has 98 valence electrons. The van der Waals surface area contributed by atoms with Gasteiger partial charge in [-0.3, -0.25) is 0 Å². The molecule has 4 nitrogen and oxygen atoms in total. The van der Waals surface area contributed by atoms with E-state index < -0.39 is 0 Å². The predicted molar refractivity (Wildman–Crippen MR) is 66.8 cm³/mol. The molecule has 1 heterocycles.